The minimum atomic E-state index is -0.115. The minimum Gasteiger partial charge on any atom is -0.341 e. The molecule has 5 heteroatoms. The number of nitrogens with zero attached hydrogens (tertiary/aromatic N) is 4. The second kappa shape index (κ2) is 8.94. The van der Waals surface area contributed by atoms with E-state index in [9.17, 15) is 4.79 Å². The fraction of sp³-hybridized carbons (Fsp3) is 0.227. The molecule has 138 valence electrons. The van der Waals surface area contributed by atoms with Crippen LogP contribution in [0.15, 0.2) is 73.1 Å². The molecule has 0 saturated heterocycles. The second-order valence-electron chi connectivity index (χ2n) is 6.16. The number of hydrogen-bond acceptors (Lipinski definition) is 4. The van der Waals surface area contributed by atoms with Crippen molar-refractivity contribution in [2.75, 3.05) is 22.9 Å². The zero-order valence-corrected chi connectivity index (χ0v) is 15.7. The summed E-state index contributed by atoms with van der Waals surface area (Å²) in [4.78, 5) is 25.8. The molecule has 2 aromatic carbocycles. The zero-order valence-electron chi connectivity index (χ0n) is 15.7. The van der Waals surface area contributed by atoms with Crippen molar-refractivity contribution >= 4 is 17.5 Å². The van der Waals surface area contributed by atoms with E-state index >= 15 is 0 Å². The van der Waals surface area contributed by atoms with E-state index < -0.39 is 0 Å². The summed E-state index contributed by atoms with van der Waals surface area (Å²) >= 11 is 0. The molecular formula is C22H24N4O. The molecule has 0 fully saturated rings. The van der Waals surface area contributed by atoms with Crippen molar-refractivity contribution < 1.29 is 4.79 Å². The van der Waals surface area contributed by atoms with Crippen molar-refractivity contribution in [1.82, 2.24) is 9.97 Å². The maximum absolute atomic E-state index is 13.2. The zero-order chi connectivity index (χ0) is 19.1. The average Bonchev–Trinajstić information content (AvgIpc) is 2.74. The molecule has 1 amide bonds. The van der Waals surface area contributed by atoms with Gasteiger partial charge in [-0.1, -0.05) is 48.5 Å². The summed E-state index contributed by atoms with van der Waals surface area (Å²) in [5.74, 6) is 0.530. The van der Waals surface area contributed by atoms with E-state index in [4.69, 9.17) is 0 Å². The highest BCUT2D eigenvalue weighted by molar-refractivity contribution is 6.05. The van der Waals surface area contributed by atoms with Gasteiger partial charge in [-0.15, -0.1) is 0 Å². The number of amides is 1. The van der Waals surface area contributed by atoms with Crippen LogP contribution in [0.25, 0.3) is 0 Å². The van der Waals surface area contributed by atoms with Gasteiger partial charge in [0.15, 0.2) is 0 Å². The summed E-state index contributed by atoms with van der Waals surface area (Å²) in [5, 5.41) is 0. The normalized spacial score (nSPS) is 10.4. The molecule has 0 unspecified atom stereocenters. The molecule has 0 radical (unpaired) electrons. The smallest absolute Gasteiger partial charge is 0.261 e. The summed E-state index contributed by atoms with van der Waals surface area (Å²) in [6.07, 6.45) is 3.23. The second-order valence-corrected chi connectivity index (χ2v) is 6.16. The Hall–Kier alpha value is -3.21. The monoisotopic (exact) mass is 360 g/mol. The van der Waals surface area contributed by atoms with Crippen LogP contribution in [0.1, 0.15) is 29.8 Å². The summed E-state index contributed by atoms with van der Waals surface area (Å²) in [6.45, 7) is 6.26. The van der Waals surface area contributed by atoms with Crippen molar-refractivity contribution in [1.29, 1.82) is 0 Å². The molecule has 3 rings (SSSR count). The lowest BCUT2D eigenvalue weighted by Gasteiger charge is -2.23. The maximum Gasteiger partial charge on any atom is 0.261 e. The van der Waals surface area contributed by atoms with Gasteiger partial charge in [-0.05, 0) is 31.5 Å². The highest BCUT2D eigenvalue weighted by atomic mass is 16.2. The Morgan fingerprint density at radius 3 is 1.96 bits per heavy atom. The Bertz CT molecular complexity index is 847. The third kappa shape index (κ3) is 4.50. The number of benzene rings is 2. The standard InChI is InChI=1S/C22H24N4O/c1-3-25(4-2)22-23-15-19(16-24-22)21(27)26(20-13-9-6-10-14-20)17-18-11-7-5-8-12-18/h5-16H,3-4,17H2,1-2H3. The first kappa shape index (κ1) is 18.6. The van der Waals surface area contributed by atoms with E-state index in [2.05, 4.69) is 23.8 Å². The number of carbonyl (C=O) groups excluding carboxylic acids is 1. The van der Waals surface area contributed by atoms with Crippen molar-refractivity contribution in [2.45, 2.75) is 20.4 Å². The van der Waals surface area contributed by atoms with E-state index in [1.54, 1.807) is 17.3 Å². The summed E-state index contributed by atoms with van der Waals surface area (Å²) in [5.41, 5.74) is 2.39. The summed E-state index contributed by atoms with van der Waals surface area (Å²) in [6, 6.07) is 19.6. The molecule has 0 aliphatic rings. The molecule has 3 aromatic rings. The van der Waals surface area contributed by atoms with Gasteiger partial charge in [-0.2, -0.15) is 0 Å². The van der Waals surface area contributed by atoms with Gasteiger partial charge in [-0.25, -0.2) is 9.97 Å². The Morgan fingerprint density at radius 2 is 1.41 bits per heavy atom. The molecule has 27 heavy (non-hydrogen) atoms. The first-order valence-corrected chi connectivity index (χ1v) is 9.20. The van der Waals surface area contributed by atoms with Crippen molar-refractivity contribution in [3.8, 4) is 0 Å². The van der Waals surface area contributed by atoms with Gasteiger partial charge < -0.3 is 9.80 Å². The minimum absolute atomic E-state index is 0.115. The average molecular weight is 360 g/mol. The van der Waals surface area contributed by atoms with Crippen LogP contribution in [0, 0.1) is 0 Å². The molecule has 5 nitrogen and oxygen atoms in total. The van der Waals surface area contributed by atoms with Crippen LogP contribution in [0.3, 0.4) is 0 Å². The number of aromatic nitrogens is 2. The highest BCUT2D eigenvalue weighted by Gasteiger charge is 2.19. The lowest BCUT2D eigenvalue weighted by Crippen LogP contribution is -2.31. The molecule has 0 atom stereocenters. The molecule has 0 bridgehead atoms. The molecule has 1 heterocycles. The topological polar surface area (TPSA) is 49.3 Å². The lowest BCUT2D eigenvalue weighted by atomic mass is 10.1. The van der Waals surface area contributed by atoms with Gasteiger partial charge >= 0.3 is 0 Å². The Morgan fingerprint density at radius 1 is 0.852 bits per heavy atom. The number of hydrogen-bond donors (Lipinski definition) is 0. The van der Waals surface area contributed by atoms with E-state index in [-0.39, 0.29) is 5.91 Å². The van der Waals surface area contributed by atoms with Gasteiger partial charge in [0, 0.05) is 31.2 Å². The largest absolute Gasteiger partial charge is 0.341 e. The first-order valence-electron chi connectivity index (χ1n) is 9.20. The third-order valence-corrected chi connectivity index (χ3v) is 4.43. The van der Waals surface area contributed by atoms with Crippen LogP contribution in [0.5, 0.6) is 0 Å². The van der Waals surface area contributed by atoms with Crippen LogP contribution >= 0.6 is 0 Å². The molecule has 0 saturated carbocycles. The van der Waals surface area contributed by atoms with Crippen LogP contribution in [0.2, 0.25) is 0 Å². The predicted molar refractivity (Wildman–Crippen MR) is 109 cm³/mol. The van der Waals surface area contributed by atoms with Crippen molar-refractivity contribution in [3.05, 3.63) is 84.2 Å². The van der Waals surface area contributed by atoms with Crippen LogP contribution < -0.4 is 9.80 Å². The SMILES string of the molecule is CCN(CC)c1ncc(C(=O)N(Cc2ccccc2)c2ccccc2)cn1. The first-order chi connectivity index (χ1) is 13.2. The molecule has 1 aromatic heterocycles. The number of anilines is 2. The van der Waals surface area contributed by atoms with Gasteiger partial charge in [0.25, 0.3) is 5.91 Å². The molecule has 0 spiro atoms. The lowest BCUT2D eigenvalue weighted by molar-refractivity contribution is 0.0984. The Balaban J connectivity index is 1.88. The van der Waals surface area contributed by atoms with Crippen LogP contribution in [-0.2, 0) is 6.54 Å². The Labute approximate surface area is 160 Å². The molecule has 0 aliphatic carbocycles. The van der Waals surface area contributed by atoms with Gasteiger partial charge in [0.2, 0.25) is 5.95 Å². The summed E-state index contributed by atoms with van der Waals surface area (Å²) < 4.78 is 0. The van der Waals surface area contributed by atoms with Gasteiger partial charge in [0.05, 0.1) is 12.1 Å². The maximum atomic E-state index is 13.2. The molecule has 0 N–H and O–H groups in total. The van der Waals surface area contributed by atoms with E-state index in [0.29, 0.717) is 18.1 Å². The number of para-hydroxylation sites is 1. The third-order valence-electron chi connectivity index (χ3n) is 4.43. The Kier molecular flexibility index (Phi) is 6.15. The molecular weight excluding hydrogens is 336 g/mol. The van der Waals surface area contributed by atoms with Gasteiger partial charge in [0.1, 0.15) is 0 Å². The van der Waals surface area contributed by atoms with Crippen LogP contribution in [0.4, 0.5) is 11.6 Å². The van der Waals surface area contributed by atoms with E-state index in [0.717, 1.165) is 24.3 Å². The number of rotatable bonds is 7. The van der Waals surface area contributed by atoms with E-state index in [1.165, 1.54) is 0 Å². The van der Waals surface area contributed by atoms with Crippen LogP contribution in [-0.4, -0.2) is 29.0 Å². The number of carbonyl (C=O) groups is 1. The quantitative estimate of drug-likeness (QED) is 0.634. The van der Waals surface area contributed by atoms with Crippen molar-refractivity contribution in [2.24, 2.45) is 0 Å². The highest BCUT2D eigenvalue weighted by Crippen LogP contribution is 2.20. The molecule has 0 aliphatic heterocycles. The van der Waals surface area contributed by atoms with Crippen molar-refractivity contribution in [3.63, 3.8) is 0 Å². The van der Waals surface area contributed by atoms with E-state index in [1.807, 2.05) is 65.6 Å². The fourth-order valence-electron chi connectivity index (χ4n) is 2.91. The summed E-state index contributed by atoms with van der Waals surface area (Å²) in [7, 11) is 0. The fourth-order valence-corrected chi connectivity index (χ4v) is 2.91. The predicted octanol–water partition coefficient (Wildman–Crippen LogP) is 4.17. The van der Waals surface area contributed by atoms with Gasteiger partial charge in [-0.3, -0.25) is 4.79 Å².